The normalized spacial score (nSPS) is 28.8. The minimum atomic E-state index is -1.25. The van der Waals surface area contributed by atoms with Crippen molar-refractivity contribution in [2.45, 2.75) is 83.8 Å². The van der Waals surface area contributed by atoms with Crippen molar-refractivity contribution in [1.29, 1.82) is 0 Å². The highest BCUT2D eigenvalue weighted by molar-refractivity contribution is 6.36. The van der Waals surface area contributed by atoms with Gasteiger partial charge >= 0.3 is 0 Å². The maximum absolute atomic E-state index is 13.3. The van der Waals surface area contributed by atoms with Crippen LogP contribution in [0.1, 0.15) is 76.2 Å². The van der Waals surface area contributed by atoms with Crippen LogP contribution in [0, 0.1) is 16.2 Å². The van der Waals surface area contributed by atoms with Crippen LogP contribution in [0.2, 0.25) is 0 Å². The number of imidazole rings is 1. The largest absolute Gasteiger partial charge is 0.353 e. The number of aryl methyl sites for hydroxylation is 1. The Hall–Kier alpha value is -4.29. The van der Waals surface area contributed by atoms with E-state index in [1.54, 1.807) is 13.1 Å². The number of pyridine rings is 1. The zero-order valence-corrected chi connectivity index (χ0v) is 25.9. The Labute approximate surface area is 255 Å². The number of nitrogens with zero attached hydrogens (tertiary/aromatic N) is 3. The molecule has 0 spiro atoms. The Kier molecular flexibility index (Phi) is 7.79. The molecule has 0 saturated heterocycles. The third kappa shape index (κ3) is 5.67. The van der Waals surface area contributed by atoms with Crippen molar-refractivity contribution in [3.8, 4) is 0 Å². The van der Waals surface area contributed by atoms with Crippen molar-refractivity contribution in [2.24, 2.45) is 23.3 Å². The summed E-state index contributed by atoms with van der Waals surface area (Å²) >= 11 is 0. The number of carbonyl (C=O) groups is 5. The van der Waals surface area contributed by atoms with Gasteiger partial charge in [-0.3, -0.25) is 28.8 Å². The van der Waals surface area contributed by atoms with E-state index in [0.717, 1.165) is 19.3 Å². The number of nitrogens with one attached hydrogen (secondary N) is 4. The van der Waals surface area contributed by atoms with E-state index in [2.05, 4.69) is 47.0 Å². The molecule has 2 aromatic heterocycles. The van der Waals surface area contributed by atoms with E-state index in [1.807, 2.05) is 0 Å². The molecule has 2 aromatic rings. The quantitative estimate of drug-likeness (QED) is 0.279. The zero-order valence-electron chi connectivity index (χ0n) is 25.9. The first-order valence-corrected chi connectivity index (χ1v) is 14.9. The van der Waals surface area contributed by atoms with Crippen LogP contribution in [0.4, 0.5) is 5.69 Å². The predicted molar refractivity (Wildman–Crippen MR) is 160 cm³/mol. The summed E-state index contributed by atoms with van der Waals surface area (Å²) < 4.78 is 2.70. The Balaban J connectivity index is 1.28. The lowest BCUT2D eigenvalue weighted by molar-refractivity contribution is -0.137. The molecule has 0 aromatic carbocycles. The molecule has 6 rings (SSSR count). The van der Waals surface area contributed by atoms with Gasteiger partial charge in [0.15, 0.2) is 0 Å². The monoisotopic (exact) mass is 607 g/mol. The summed E-state index contributed by atoms with van der Waals surface area (Å²) in [6, 6.07) is 1.70. The molecule has 0 radical (unpaired) electrons. The standard InChI is InChI=1S/C31H41N7O6/c1-28-13-29(2)16-31(15-28,17-30(29,3)14-28)36-23(40)12-38-10-6-7-20(27(38)44)35-24(41)19(8-9-22(39)26(43)32-4)34-25(42)21-11-33-18-37(21)5/h6-7,10-11,18-19H,8-9,12-17H2,1-5H3,(H,32,43)(H,34,42)(H,35,41)(H,36,40)/t19-,28?,29?,30?,31?/m0/s1. The molecule has 236 valence electrons. The van der Waals surface area contributed by atoms with Crippen molar-refractivity contribution in [1.82, 2.24) is 30.1 Å². The maximum Gasteiger partial charge on any atom is 0.287 e. The lowest BCUT2D eigenvalue weighted by Crippen LogP contribution is -2.54. The fraction of sp³-hybridized carbons (Fsp3) is 0.581. The molecule has 2 unspecified atom stereocenters. The van der Waals surface area contributed by atoms with E-state index in [1.165, 1.54) is 53.8 Å². The molecule has 4 aliphatic rings. The molecule has 13 heteroatoms. The summed E-state index contributed by atoms with van der Waals surface area (Å²) in [5.74, 6) is -3.21. The van der Waals surface area contributed by atoms with E-state index >= 15 is 0 Å². The van der Waals surface area contributed by atoms with Crippen molar-refractivity contribution in [3.63, 3.8) is 0 Å². The SMILES string of the molecule is CNC(=O)C(=O)CC[C@H](NC(=O)c1cncn1C)C(=O)Nc1cccn(CC(=O)NC23CC4(C)CC(C)(C2)C(C)(C4)C3)c1=O. The van der Waals surface area contributed by atoms with Gasteiger partial charge in [0.05, 0.1) is 12.5 Å². The second kappa shape index (κ2) is 11.0. The number of carbonyl (C=O) groups excluding carboxylic acids is 5. The summed E-state index contributed by atoms with van der Waals surface area (Å²) in [6.45, 7) is 6.77. The van der Waals surface area contributed by atoms with E-state index in [0.29, 0.717) is 0 Å². The van der Waals surface area contributed by atoms with Crippen LogP contribution in [0.3, 0.4) is 0 Å². The molecule has 0 aliphatic heterocycles. The number of amides is 4. The molecule has 4 N–H and O–H groups in total. The molecule has 13 nitrogen and oxygen atoms in total. The van der Waals surface area contributed by atoms with Crippen molar-refractivity contribution >= 4 is 35.1 Å². The Bertz CT molecular complexity index is 1570. The number of anilines is 1. The lowest BCUT2D eigenvalue weighted by atomic mass is 9.64. The Morgan fingerprint density at radius 1 is 1.02 bits per heavy atom. The highest BCUT2D eigenvalue weighted by Crippen LogP contribution is 2.77. The maximum atomic E-state index is 13.3. The fourth-order valence-electron chi connectivity index (χ4n) is 8.75. The number of Topliss-reactive ketones (excluding diaryl/α,β-unsaturated/α-hetero) is 1. The fourth-order valence-corrected chi connectivity index (χ4v) is 8.75. The molecule has 2 heterocycles. The van der Waals surface area contributed by atoms with Gasteiger partial charge in [-0.2, -0.15) is 0 Å². The highest BCUT2D eigenvalue weighted by Gasteiger charge is 2.71. The van der Waals surface area contributed by atoms with E-state index in [9.17, 15) is 28.8 Å². The van der Waals surface area contributed by atoms with Crippen LogP contribution >= 0.6 is 0 Å². The molecular formula is C31H41N7O6. The Morgan fingerprint density at radius 2 is 1.70 bits per heavy atom. The number of aromatic nitrogens is 3. The minimum Gasteiger partial charge on any atom is -0.353 e. The van der Waals surface area contributed by atoms with Gasteiger partial charge in [-0.15, -0.1) is 0 Å². The molecule has 4 aliphatic carbocycles. The molecule has 4 fully saturated rings. The number of likely N-dealkylation sites (N-methyl/N-ethyl adjacent to an activating group) is 1. The second-order valence-electron chi connectivity index (χ2n) is 13.9. The first-order chi connectivity index (χ1) is 20.6. The minimum absolute atomic E-state index is 0.0896. The average Bonchev–Trinajstić information content (AvgIpc) is 3.47. The Morgan fingerprint density at radius 3 is 2.30 bits per heavy atom. The second-order valence-corrected chi connectivity index (χ2v) is 13.9. The number of ketones is 1. The molecule has 3 atom stereocenters. The average molecular weight is 608 g/mol. The molecular weight excluding hydrogens is 566 g/mol. The van der Waals surface area contributed by atoms with Crippen molar-refractivity contribution < 1.29 is 24.0 Å². The van der Waals surface area contributed by atoms with Gasteiger partial charge in [0.2, 0.25) is 17.6 Å². The van der Waals surface area contributed by atoms with Crippen molar-refractivity contribution in [2.75, 3.05) is 12.4 Å². The summed E-state index contributed by atoms with van der Waals surface area (Å²) in [7, 11) is 2.93. The number of rotatable bonds is 11. The third-order valence-electron chi connectivity index (χ3n) is 10.1. The number of hydrogen-bond acceptors (Lipinski definition) is 7. The molecule has 4 amide bonds. The van der Waals surface area contributed by atoms with E-state index < -0.39 is 35.1 Å². The van der Waals surface area contributed by atoms with Crippen LogP contribution in [-0.2, 0) is 32.8 Å². The summed E-state index contributed by atoms with van der Waals surface area (Å²) in [6.07, 6.45) is 8.83. The first kappa shape index (κ1) is 31.1. The van der Waals surface area contributed by atoms with E-state index in [4.69, 9.17) is 0 Å². The van der Waals surface area contributed by atoms with Gasteiger partial charge in [-0.1, -0.05) is 20.8 Å². The smallest absolute Gasteiger partial charge is 0.287 e. The van der Waals surface area contributed by atoms with E-state index in [-0.39, 0.29) is 58.5 Å². The topological polar surface area (TPSA) is 173 Å². The highest BCUT2D eigenvalue weighted by atomic mass is 16.2. The third-order valence-corrected chi connectivity index (χ3v) is 10.1. The van der Waals surface area contributed by atoms with Crippen LogP contribution in [0.5, 0.6) is 0 Å². The molecule has 44 heavy (non-hydrogen) atoms. The zero-order chi connectivity index (χ0) is 32.1. The van der Waals surface area contributed by atoms with Crippen LogP contribution in [-0.4, -0.2) is 62.2 Å². The van der Waals surface area contributed by atoms with Crippen LogP contribution < -0.4 is 26.8 Å². The van der Waals surface area contributed by atoms with Crippen LogP contribution in [0.15, 0.2) is 35.6 Å². The summed E-state index contributed by atoms with van der Waals surface area (Å²) in [4.78, 5) is 80.5. The first-order valence-electron chi connectivity index (χ1n) is 14.9. The summed E-state index contributed by atoms with van der Waals surface area (Å²) in [5, 5.41) is 10.6. The van der Waals surface area contributed by atoms with Gasteiger partial charge in [0, 0.05) is 32.3 Å². The van der Waals surface area contributed by atoms with Gasteiger partial charge in [0.1, 0.15) is 24.0 Å². The molecule has 4 bridgehead atoms. The molecule has 4 saturated carbocycles. The van der Waals surface area contributed by atoms with Crippen LogP contribution in [0.25, 0.3) is 0 Å². The van der Waals surface area contributed by atoms with Gasteiger partial charge in [-0.25, -0.2) is 4.98 Å². The van der Waals surface area contributed by atoms with Crippen molar-refractivity contribution in [3.05, 3.63) is 46.9 Å². The summed E-state index contributed by atoms with van der Waals surface area (Å²) in [5.41, 5.74) is -0.228. The lowest BCUT2D eigenvalue weighted by Gasteiger charge is -2.46. The van der Waals surface area contributed by atoms with Gasteiger partial charge in [-0.05, 0) is 66.9 Å². The number of hydrogen-bond donors (Lipinski definition) is 4. The predicted octanol–water partition coefficient (Wildman–Crippen LogP) is 1.28. The van der Waals surface area contributed by atoms with Gasteiger partial charge < -0.3 is 30.4 Å². The van der Waals surface area contributed by atoms with Gasteiger partial charge in [0.25, 0.3) is 17.4 Å².